The molecule has 0 fully saturated rings. The van der Waals surface area contributed by atoms with Crippen LogP contribution in [0.5, 0.6) is 5.75 Å². The zero-order valence-electron chi connectivity index (χ0n) is 13.2. The number of amides is 1. The molecule has 1 amide bonds. The Hall–Kier alpha value is -2.63. The lowest BCUT2D eigenvalue weighted by Crippen LogP contribution is -2.43. The van der Waals surface area contributed by atoms with Gasteiger partial charge >= 0.3 is 0 Å². The van der Waals surface area contributed by atoms with Crippen LogP contribution in [0.3, 0.4) is 0 Å². The summed E-state index contributed by atoms with van der Waals surface area (Å²) in [5.41, 5.74) is 1.82. The first-order valence-corrected chi connectivity index (χ1v) is 7.59. The van der Waals surface area contributed by atoms with Gasteiger partial charge in [0.25, 0.3) is 5.56 Å². The molecule has 3 rings (SSSR count). The number of nitrogens with zero attached hydrogens (tertiary/aromatic N) is 1. The lowest BCUT2D eigenvalue weighted by Gasteiger charge is -2.26. The van der Waals surface area contributed by atoms with Gasteiger partial charge in [0.05, 0.1) is 12.5 Å². The van der Waals surface area contributed by atoms with E-state index >= 15 is 0 Å². The Morgan fingerprint density at radius 1 is 1.39 bits per heavy atom. The van der Waals surface area contributed by atoms with Crippen molar-refractivity contribution in [1.29, 1.82) is 0 Å². The molecular weight excluding hydrogens is 294 g/mol. The third kappa shape index (κ3) is 3.41. The molecule has 1 atom stereocenters. The minimum absolute atomic E-state index is 0.0204. The Balaban J connectivity index is 1.66. The van der Waals surface area contributed by atoms with Crippen LogP contribution in [0.15, 0.2) is 29.1 Å². The number of para-hydroxylation sites is 1. The van der Waals surface area contributed by atoms with Crippen molar-refractivity contribution in [2.45, 2.75) is 32.7 Å². The van der Waals surface area contributed by atoms with Crippen molar-refractivity contribution < 1.29 is 9.53 Å². The van der Waals surface area contributed by atoms with E-state index in [1.807, 2.05) is 24.3 Å². The first kappa shape index (κ1) is 15.3. The van der Waals surface area contributed by atoms with E-state index in [9.17, 15) is 9.59 Å². The van der Waals surface area contributed by atoms with Crippen LogP contribution >= 0.6 is 0 Å². The lowest BCUT2D eigenvalue weighted by molar-refractivity contribution is -0.121. The molecule has 1 aliphatic heterocycles. The Labute approximate surface area is 133 Å². The monoisotopic (exact) mass is 313 g/mol. The zero-order valence-corrected chi connectivity index (χ0v) is 13.2. The summed E-state index contributed by atoms with van der Waals surface area (Å²) in [5.74, 6) is 1.22. The largest absolute Gasteiger partial charge is 0.491 e. The van der Waals surface area contributed by atoms with Gasteiger partial charge in [0.1, 0.15) is 18.2 Å². The first-order valence-electron chi connectivity index (χ1n) is 7.59. The number of ether oxygens (including phenoxy) is 1. The first-order chi connectivity index (χ1) is 11.0. The van der Waals surface area contributed by atoms with Gasteiger partial charge in [-0.3, -0.25) is 9.59 Å². The molecule has 6 nitrogen and oxygen atoms in total. The van der Waals surface area contributed by atoms with Crippen molar-refractivity contribution in [1.82, 2.24) is 15.3 Å². The van der Waals surface area contributed by atoms with E-state index in [4.69, 9.17) is 4.74 Å². The van der Waals surface area contributed by atoms with Crippen LogP contribution in [0.1, 0.15) is 22.6 Å². The van der Waals surface area contributed by atoms with Crippen molar-refractivity contribution in [2.75, 3.05) is 6.61 Å². The van der Waals surface area contributed by atoms with Crippen molar-refractivity contribution in [3.05, 3.63) is 57.3 Å². The van der Waals surface area contributed by atoms with E-state index in [0.717, 1.165) is 17.7 Å². The van der Waals surface area contributed by atoms with Crippen molar-refractivity contribution >= 4 is 5.91 Å². The molecule has 120 valence electrons. The van der Waals surface area contributed by atoms with Crippen LogP contribution in [-0.2, 0) is 17.6 Å². The molecule has 1 unspecified atom stereocenters. The van der Waals surface area contributed by atoms with Crippen LogP contribution in [-0.4, -0.2) is 28.5 Å². The molecule has 0 bridgehead atoms. The van der Waals surface area contributed by atoms with Gasteiger partial charge in [0.15, 0.2) is 0 Å². The highest BCUT2D eigenvalue weighted by molar-refractivity contribution is 5.79. The van der Waals surface area contributed by atoms with E-state index in [-0.39, 0.29) is 23.9 Å². The topological polar surface area (TPSA) is 84.1 Å². The fourth-order valence-electron chi connectivity index (χ4n) is 2.82. The summed E-state index contributed by atoms with van der Waals surface area (Å²) in [6.07, 6.45) is 0.746. The molecule has 2 heterocycles. The molecule has 2 aromatic rings. The van der Waals surface area contributed by atoms with E-state index in [1.165, 1.54) is 0 Å². The van der Waals surface area contributed by atoms with Crippen LogP contribution in [0.2, 0.25) is 0 Å². The van der Waals surface area contributed by atoms with Gasteiger partial charge in [-0.2, -0.15) is 0 Å². The molecule has 1 aliphatic rings. The number of rotatable bonds is 3. The fourth-order valence-corrected chi connectivity index (χ4v) is 2.82. The number of hydrogen-bond acceptors (Lipinski definition) is 4. The number of aryl methyl sites for hydroxylation is 2. The number of hydrogen-bond donors (Lipinski definition) is 2. The predicted octanol–water partition coefficient (Wildman–Crippen LogP) is 1.05. The second kappa shape index (κ2) is 6.24. The van der Waals surface area contributed by atoms with Crippen LogP contribution in [0.25, 0.3) is 0 Å². The summed E-state index contributed by atoms with van der Waals surface area (Å²) in [6, 6.07) is 7.71. The number of carbonyl (C=O) groups is 1. The Morgan fingerprint density at radius 2 is 2.17 bits per heavy atom. The lowest BCUT2D eigenvalue weighted by atomic mass is 10.0. The van der Waals surface area contributed by atoms with E-state index in [2.05, 4.69) is 15.3 Å². The average molecular weight is 313 g/mol. The quantitative estimate of drug-likeness (QED) is 0.887. The van der Waals surface area contributed by atoms with Crippen LogP contribution in [0, 0.1) is 13.8 Å². The number of nitrogens with one attached hydrogen (secondary N) is 2. The molecule has 23 heavy (non-hydrogen) atoms. The molecule has 0 radical (unpaired) electrons. The predicted molar refractivity (Wildman–Crippen MR) is 85.6 cm³/mol. The van der Waals surface area contributed by atoms with E-state index < -0.39 is 0 Å². The summed E-state index contributed by atoms with van der Waals surface area (Å²) in [7, 11) is 0. The third-order valence-corrected chi connectivity index (χ3v) is 3.92. The maximum Gasteiger partial charge on any atom is 0.254 e. The van der Waals surface area contributed by atoms with Crippen molar-refractivity contribution in [3.8, 4) is 5.75 Å². The molecule has 1 aromatic carbocycles. The van der Waals surface area contributed by atoms with E-state index in [1.54, 1.807) is 13.8 Å². The number of H-pyrrole nitrogens is 1. The average Bonchev–Trinajstić information content (AvgIpc) is 2.51. The van der Waals surface area contributed by atoms with Gasteiger partial charge in [0.2, 0.25) is 5.91 Å². The highest BCUT2D eigenvalue weighted by atomic mass is 16.5. The minimum Gasteiger partial charge on any atom is -0.491 e. The maximum atomic E-state index is 12.2. The molecule has 6 heteroatoms. The standard InChI is InChI=1S/C17H19N3O3/c1-10-14(17(22)19-11(2)18-10)8-16(21)20-13-7-12-5-3-4-6-15(12)23-9-13/h3-6,13H,7-9H2,1-2H3,(H,20,21)(H,18,19,22). The second-order valence-electron chi connectivity index (χ2n) is 5.78. The number of carbonyl (C=O) groups excluding carboxylic acids is 1. The molecule has 0 saturated carbocycles. The molecule has 0 spiro atoms. The van der Waals surface area contributed by atoms with Crippen LogP contribution < -0.4 is 15.6 Å². The molecule has 2 N–H and O–H groups in total. The van der Waals surface area contributed by atoms with Gasteiger partial charge in [-0.05, 0) is 31.9 Å². The summed E-state index contributed by atoms with van der Waals surface area (Å²) in [6.45, 7) is 3.89. The summed E-state index contributed by atoms with van der Waals surface area (Å²) < 4.78 is 5.66. The normalized spacial score (nSPS) is 16.3. The number of aromatic amines is 1. The highest BCUT2D eigenvalue weighted by Crippen LogP contribution is 2.23. The summed E-state index contributed by atoms with van der Waals surface area (Å²) in [5, 5.41) is 2.93. The SMILES string of the molecule is Cc1nc(C)c(CC(=O)NC2COc3ccccc3C2)c(=O)[nH]1. The minimum atomic E-state index is -0.254. The van der Waals surface area contributed by atoms with Gasteiger partial charge < -0.3 is 15.0 Å². The van der Waals surface area contributed by atoms with Gasteiger partial charge in [-0.25, -0.2) is 4.98 Å². The van der Waals surface area contributed by atoms with Crippen molar-refractivity contribution in [3.63, 3.8) is 0 Å². The highest BCUT2D eigenvalue weighted by Gasteiger charge is 2.22. The summed E-state index contributed by atoms with van der Waals surface area (Å²) in [4.78, 5) is 31.0. The third-order valence-electron chi connectivity index (χ3n) is 3.92. The Bertz CT molecular complexity index is 798. The Kier molecular flexibility index (Phi) is 4.14. The van der Waals surface area contributed by atoms with E-state index in [0.29, 0.717) is 23.7 Å². The molecular formula is C17H19N3O3. The summed E-state index contributed by atoms with van der Waals surface area (Å²) >= 11 is 0. The molecule has 1 aromatic heterocycles. The van der Waals surface area contributed by atoms with Gasteiger partial charge in [-0.1, -0.05) is 18.2 Å². The number of aromatic nitrogens is 2. The van der Waals surface area contributed by atoms with Gasteiger partial charge in [0, 0.05) is 11.3 Å². The fraction of sp³-hybridized carbons (Fsp3) is 0.353. The van der Waals surface area contributed by atoms with Crippen LogP contribution in [0.4, 0.5) is 0 Å². The zero-order chi connectivity index (χ0) is 16.4. The van der Waals surface area contributed by atoms with Crippen molar-refractivity contribution in [2.24, 2.45) is 0 Å². The molecule has 0 aliphatic carbocycles. The second-order valence-corrected chi connectivity index (χ2v) is 5.78. The number of fused-ring (bicyclic) bond motifs is 1. The molecule has 0 saturated heterocycles. The number of benzene rings is 1. The van der Waals surface area contributed by atoms with Gasteiger partial charge in [-0.15, -0.1) is 0 Å². The Morgan fingerprint density at radius 3 is 2.96 bits per heavy atom. The maximum absolute atomic E-state index is 12.2. The smallest absolute Gasteiger partial charge is 0.254 e.